The normalized spacial score (nSPS) is 10.9. The van der Waals surface area contributed by atoms with E-state index in [-0.39, 0.29) is 5.92 Å². The van der Waals surface area contributed by atoms with Gasteiger partial charge in [0.05, 0.1) is 5.92 Å². The quantitative estimate of drug-likeness (QED) is 0.144. The van der Waals surface area contributed by atoms with Crippen molar-refractivity contribution in [2.45, 2.75) is 96.5 Å². The molecular weight excluding hydrogens is 675 g/mol. The van der Waals surface area contributed by atoms with Crippen molar-refractivity contribution in [2.75, 3.05) is 17.3 Å². The highest BCUT2D eigenvalue weighted by Gasteiger charge is 2.06. The molecule has 272 valence electrons. The molecule has 4 rings (SSSR count). The van der Waals surface area contributed by atoms with Crippen LogP contribution in [0.15, 0.2) is 120 Å². The van der Waals surface area contributed by atoms with Gasteiger partial charge >= 0.3 is 5.97 Å². The molecular formula is C42H59N3O2S3. The van der Waals surface area contributed by atoms with Gasteiger partial charge in [-0.3, -0.25) is 4.79 Å². The number of hydrogen-bond acceptors (Lipinski definition) is 7. The second kappa shape index (κ2) is 29.4. The molecule has 3 aromatic carbocycles. The van der Waals surface area contributed by atoms with Crippen LogP contribution in [0, 0.1) is 5.92 Å². The molecule has 0 amide bonds. The molecule has 1 aromatic heterocycles. The Labute approximate surface area is 316 Å². The molecule has 5 nitrogen and oxygen atoms in total. The third-order valence-electron chi connectivity index (χ3n) is 6.94. The molecule has 0 aliphatic heterocycles. The molecule has 0 radical (unpaired) electrons. The third-order valence-corrected chi connectivity index (χ3v) is 9.13. The summed E-state index contributed by atoms with van der Waals surface area (Å²) in [5.74, 6) is 2.81. The van der Waals surface area contributed by atoms with Gasteiger partial charge in [0.15, 0.2) is 15.5 Å². The Morgan fingerprint density at radius 1 is 0.600 bits per heavy atom. The summed E-state index contributed by atoms with van der Waals surface area (Å²) in [6, 6.07) is 31.0. The summed E-state index contributed by atoms with van der Waals surface area (Å²) in [4.78, 5) is 23.1. The number of hydrogen-bond donors (Lipinski definition) is 1. The van der Waals surface area contributed by atoms with Crippen molar-refractivity contribution in [3.8, 4) is 0 Å². The summed E-state index contributed by atoms with van der Waals surface area (Å²) < 4.78 is 0. The van der Waals surface area contributed by atoms with E-state index in [1.807, 2.05) is 57.2 Å². The first kappa shape index (κ1) is 46.7. The minimum atomic E-state index is -0.706. The number of allylic oxidation sites excluding steroid dienone is 2. The maximum Gasteiger partial charge on any atom is 0.306 e. The van der Waals surface area contributed by atoms with Crippen molar-refractivity contribution in [2.24, 2.45) is 5.92 Å². The lowest BCUT2D eigenvalue weighted by Crippen LogP contribution is -2.06. The van der Waals surface area contributed by atoms with Crippen molar-refractivity contribution >= 4 is 52.4 Å². The lowest BCUT2D eigenvalue weighted by Gasteiger charge is -2.06. The Bertz CT molecular complexity index is 1360. The van der Waals surface area contributed by atoms with Gasteiger partial charge in [0.25, 0.3) is 0 Å². The van der Waals surface area contributed by atoms with Crippen LogP contribution in [-0.4, -0.2) is 43.3 Å². The largest absolute Gasteiger partial charge is 0.481 e. The van der Waals surface area contributed by atoms with Crippen LogP contribution in [0.2, 0.25) is 0 Å². The van der Waals surface area contributed by atoms with E-state index in [9.17, 15) is 4.79 Å². The minimum absolute atomic E-state index is 0.181. The fourth-order valence-electron chi connectivity index (χ4n) is 3.54. The average Bonchev–Trinajstić information content (AvgIpc) is 3.13. The smallest absolute Gasteiger partial charge is 0.306 e. The van der Waals surface area contributed by atoms with Crippen LogP contribution in [-0.2, 0) is 4.79 Å². The number of aromatic nitrogens is 3. The van der Waals surface area contributed by atoms with E-state index in [0.717, 1.165) is 50.3 Å². The summed E-state index contributed by atoms with van der Waals surface area (Å²) in [6.45, 7) is 26.0. The predicted molar refractivity (Wildman–Crippen MR) is 224 cm³/mol. The fourth-order valence-corrected chi connectivity index (χ4v) is 5.39. The summed E-state index contributed by atoms with van der Waals surface area (Å²) in [5, 5.41) is 10.7. The molecule has 0 fully saturated rings. The maximum atomic E-state index is 9.93. The van der Waals surface area contributed by atoms with E-state index >= 15 is 0 Å². The summed E-state index contributed by atoms with van der Waals surface area (Å²) in [6.07, 6.45) is 1.94. The molecule has 8 heteroatoms. The van der Waals surface area contributed by atoms with Crippen molar-refractivity contribution in [1.29, 1.82) is 0 Å². The Morgan fingerprint density at radius 2 is 0.920 bits per heavy atom. The molecule has 4 aromatic rings. The van der Waals surface area contributed by atoms with E-state index in [2.05, 4.69) is 117 Å². The van der Waals surface area contributed by atoms with Crippen molar-refractivity contribution in [3.63, 3.8) is 0 Å². The zero-order chi connectivity index (χ0) is 37.7. The Balaban J connectivity index is 0.000000616. The molecule has 2 atom stereocenters. The van der Waals surface area contributed by atoms with Crippen LogP contribution in [0.4, 0.5) is 0 Å². The van der Waals surface area contributed by atoms with Gasteiger partial charge in [-0.25, -0.2) is 0 Å². The molecule has 0 bridgehead atoms. The van der Waals surface area contributed by atoms with E-state index in [1.165, 1.54) is 23.1 Å². The van der Waals surface area contributed by atoms with Crippen LogP contribution < -0.4 is 0 Å². The summed E-state index contributed by atoms with van der Waals surface area (Å²) in [5.41, 5.74) is 6.13. The number of benzene rings is 3. The van der Waals surface area contributed by atoms with Gasteiger partial charge in [0, 0.05) is 0 Å². The molecule has 50 heavy (non-hydrogen) atoms. The number of thioether (sulfide) groups is 3. The Hall–Kier alpha value is -3.33. The number of carboxylic acid groups (broad SMARTS) is 1. The highest BCUT2D eigenvalue weighted by atomic mass is 32.2. The maximum absolute atomic E-state index is 9.93. The highest BCUT2D eigenvalue weighted by Crippen LogP contribution is 2.22. The number of nitrogens with zero attached hydrogens (tertiary/aromatic N) is 3. The summed E-state index contributed by atoms with van der Waals surface area (Å²) in [7, 11) is 0. The lowest BCUT2D eigenvalue weighted by molar-refractivity contribution is -0.141. The van der Waals surface area contributed by atoms with Gasteiger partial charge in [-0.05, 0) is 66.6 Å². The van der Waals surface area contributed by atoms with Gasteiger partial charge in [-0.2, -0.15) is 15.0 Å². The fraction of sp³-hybridized carbons (Fsp3) is 0.381. The molecule has 1 N–H and O–H groups in total. The second-order valence-electron chi connectivity index (χ2n) is 11.1. The van der Waals surface area contributed by atoms with Crippen molar-refractivity contribution in [1.82, 2.24) is 15.0 Å². The minimum Gasteiger partial charge on any atom is -0.481 e. The van der Waals surface area contributed by atoms with Gasteiger partial charge in [-0.15, -0.1) is 0 Å². The molecule has 0 spiro atoms. The van der Waals surface area contributed by atoms with Crippen LogP contribution in [0.5, 0.6) is 0 Å². The number of aliphatic carboxylic acids is 1. The van der Waals surface area contributed by atoms with Crippen molar-refractivity contribution < 1.29 is 9.90 Å². The first-order valence-electron chi connectivity index (χ1n) is 17.3. The molecule has 1 heterocycles. The zero-order valence-electron chi connectivity index (χ0n) is 31.7. The van der Waals surface area contributed by atoms with Gasteiger partial charge in [0.1, 0.15) is 0 Å². The summed E-state index contributed by atoms with van der Waals surface area (Å²) >= 11 is 5.00. The average molecular weight is 734 g/mol. The predicted octanol–water partition coefficient (Wildman–Crippen LogP) is 13.0. The number of carboxylic acids is 1. The zero-order valence-corrected chi connectivity index (χ0v) is 34.1. The van der Waals surface area contributed by atoms with Crippen LogP contribution >= 0.6 is 35.3 Å². The first-order valence-corrected chi connectivity index (χ1v) is 20.2. The van der Waals surface area contributed by atoms with Crippen LogP contribution in [0.3, 0.4) is 0 Å². The molecule has 0 saturated carbocycles. The monoisotopic (exact) mass is 733 g/mol. The second-order valence-corrected chi connectivity index (χ2v) is 14.8. The van der Waals surface area contributed by atoms with Gasteiger partial charge in [0.2, 0.25) is 0 Å². The SMILES string of the molecule is C=C(C)c1ccccc1.C=C(C)c1ccccc1.CCC(C)C(=O)O.CCC(C)c1ccccc1.CCSc1nc(SCC)nc(SCC)n1. The van der Waals surface area contributed by atoms with Crippen LogP contribution in [0.1, 0.15) is 97.8 Å². The standard InChI is InChI=1S/C10H14.C9H15N3S3.2C9H10.C5H10O2/c1-3-9(2)10-7-5-4-6-8-10;1-4-13-7-10-8(14-5-2)12-9(11-7)15-6-3;2*1-8(2)9-6-4-3-5-7-9;1-3-4(2)5(6)7/h4-9H,3H2,1-2H3;4-6H2,1-3H3;2*3-7H,1H2,2H3;4H,3H2,1-2H3,(H,6,7). The lowest BCUT2D eigenvalue weighted by atomic mass is 9.99. The Morgan fingerprint density at radius 3 is 1.12 bits per heavy atom. The van der Waals surface area contributed by atoms with Gasteiger partial charge < -0.3 is 5.11 Å². The number of rotatable bonds is 12. The molecule has 0 saturated heterocycles. The third kappa shape index (κ3) is 22.4. The van der Waals surface area contributed by atoms with E-state index in [1.54, 1.807) is 42.2 Å². The first-order chi connectivity index (χ1) is 23.9. The van der Waals surface area contributed by atoms with E-state index in [4.69, 9.17) is 5.11 Å². The van der Waals surface area contributed by atoms with Gasteiger partial charge in [-0.1, -0.05) is 199 Å². The van der Waals surface area contributed by atoms with Crippen molar-refractivity contribution in [3.05, 3.63) is 121 Å². The van der Waals surface area contributed by atoms with E-state index in [0.29, 0.717) is 5.92 Å². The van der Waals surface area contributed by atoms with E-state index < -0.39 is 5.97 Å². The topological polar surface area (TPSA) is 76.0 Å². The highest BCUT2D eigenvalue weighted by molar-refractivity contribution is 8.00. The molecule has 0 aliphatic rings. The molecule has 2 unspecified atom stereocenters. The molecule has 0 aliphatic carbocycles. The number of carbonyl (C=O) groups is 1. The Kier molecular flexibility index (Phi) is 27.4. The van der Waals surface area contributed by atoms with Crippen LogP contribution in [0.25, 0.3) is 11.1 Å².